The standard InChI is InChI=1S/C20H49N9S/c1-19(12-22-2,13-23-3)14-26-10-11-27-17-20(15-24-4,16-25-5)29-18(30)28-9-7-6-8-21/h22-27H,6-17,21H2,1-5H3,(H2,28,29,30). The molecule has 0 saturated heterocycles. The predicted octanol–water partition coefficient (Wildman–Crippen LogP) is -2.01. The first kappa shape index (κ1) is 29.4. The van der Waals surface area contributed by atoms with Crippen LogP contribution >= 0.6 is 12.2 Å². The molecule has 10 heteroatoms. The lowest BCUT2D eigenvalue weighted by atomic mass is 9.90. The highest BCUT2D eigenvalue weighted by atomic mass is 32.1. The van der Waals surface area contributed by atoms with Crippen molar-refractivity contribution in [2.45, 2.75) is 25.3 Å². The quantitative estimate of drug-likeness (QED) is 0.0764. The summed E-state index contributed by atoms with van der Waals surface area (Å²) in [6, 6.07) is 0. The van der Waals surface area contributed by atoms with Crippen molar-refractivity contribution in [3.63, 3.8) is 0 Å². The average Bonchev–Trinajstić information content (AvgIpc) is 2.69. The molecule has 0 radical (unpaired) electrons. The van der Waals surface area contributed by atoms with Crippen LogP contribution in [0.4, 0.5) is 0 Å². The zero-order chi connectivity index (χ0) is 22.7. The summed E-state index contributed by atoms with van der Waals surface area (Å²) in [6.07, 6.45) is 2.03. The molecule has 0 unspecified atom stereocenters. The van der Waals surface area contributed by atoms with Gasteiger partial charge in [-0.2, -0.15) is 0 Å². The van der Waals surface area contributed by atoms with Crippen molar-refractivity contribution in [3.05, 3.63) is 0 Å². The second kappa shape index (κ2) is 18.0. The van der Waals surface area contributed by atoms with Crippen LogP contribution in [0.25, 0.3) is 0 Å². The van der Waals surface area contributed by atoms with Crippen LogP contribution in [0.1, 0.15) is 19.8 Å². The molecule has 0 aromatic heterocycles. The molecular formula is C20H49N9S. The van der Waals surface area contributed by atoms with Crippen LogP contribution in [0.15, 0.2) is 0 Å². The van der Waals surface area contributed by atoms with E-state index in [0.717, 1.165) is 71.7 Å². The van der Waals surface area contributed by atoms with Gasteiger partial charge in [-0.1, -0.05) is 6.92 Å². The molecule has 0 fully saturated rings. The summed E-state index contributed by atoms with van der Waals surface area (Å²) >= 11 is 5.53. The molecule has 9 nitrogen and oxygen atoms in total. The second-order valence-corrected chi connectivity index (χ2v) is 8.85. The average molecular weight is 448 g/mol. The van der Waals surface area contributed by atoms with E-state index in [4.69, 9.17) is 18.0 Å². The highest BCUT2D eigenvalue weighted by Gasteiger charge is 2.29. The second-order valence-electron chi connectivity index (χ2n) is 8.44. The molecule has 0 rings (SSSR count). The van der Waals surface area contributed by atoms with Crippen LogP contribution in [0.5, 0.6) is 0 Å². The normalized spacial score (nSPS) is 12.2. The molecule has 180 valence electrons. The monoisotopic (exact) mass is 447 g/mol. The molecule has 0 amide bonds. The summed E-state index contributed by atoms with van der Waals surface area (Å²) in [4.78, 5) is 0. The molecular weight excluding hydrogens is 398 g/mol. The molecule has 0 heterocycles. The largest absolute Gasteiger partial charge is 0.363 e. The molecule has 10 N–H and O–H groups in total. The van der Waals surface area contributed by atoms with Crippen LogP contribution in [-0.4, -0.2) is 104 Å². The Kier molecular flexibility index (Phi) is 17.7. The third-order valence-corrected chi connectivity index (χ3v) is 5.27. The van der Waals surface area contributed by atoms with E-state index in [0.29, 0.717) is 11.7 Å². The molecule has 0 atom stereocenters. The Hall–Kier alpha value is -0.590. The third-order valence-electron chi connectivity index (χ3n) is 5.03. The Labute approximate surface area is 190 Å². The van der Waals surface area contributed by atoms with Gasteiger partial charge in [-0.25, -0.2) is 0 Å². The van der Waals surface area contributed by atoms with Gasteiger partial charge in [0.15, 0.2) is 5.11 Å². The van der Waals surface area contributed by atoms with E-state index in [1.807, 2.05) is 28.2 Å². The lowest BCUT2D eigenvalue weighted by Gasteiger charge is -2.36. The van der Waals surface area contributed by atoms with Crippen molar-refractivity contribution < 1.29 is 0 Å². The van der Waals surface area contributed by atoms with Gasteiger partial charge in [0.25, 0.3) is 0 Å². The molecule has 0 aliphatic heterocycles. The number of likely N-dealkylation sites (N-methyl/N-ethyl adjacent to an activating group) is 2. The maximum absolute atomic E-state index is 5.56. The molecule has 0 aromatic carbocycles. The number of thiocarbonyl (C=S) groups is 1. The molecule has 0 aliphatic rings. The van der Waals surface area contributed by atoms with Crippen LogP contribution in [-0.2, 0) is 0 Å². The van der Waals surface area contributed by atoms with E-state index < -0.39 is 0 Å². The summed E-state index contributed by atoms with van der Waals surface area (Å²) < 4.78 is 0. The van der Waals surface area contributed by atoms with Gasteiger partial charge >= 0.3 is 0 Å². The van der Waals surface area contributed by atoms with Crippen molar-refractivity contribution in [1.29, 1.82) is 0 Å². The summed E-state index contributed by atoms with van der Waals surface area (Å²) in [5.41, 5.74) is 5.53. The van der Waals surface area contributed by atoms with Crippen LogP contribution < -0.4 is 48.3 Å². The number of hydrogen-bond acceptors (Lipinski definition) is 8. The van der Waals surface area contributed by atoms with Crippen LogP contribution in [0.3, 0.4) is 0 Å². The van der Waals surface area contributed by atoms with E-state index in [9.17, 15) is 0 Å². The van der Waals surface area contributed by atoms with Crippen molar-refractivity contribution in [2.75, 3.05) is 93.6 Å². The van der Waals surface area contributed by atoms with Gasteiger partial charge in [0.1, 0.15) is 0 Å². The Morgan fingerprint density at radius 2 is 1.27 bits per heavy atom. The first-order valence-electron chi connectivity index (χ1n) is 11.2. The minimum atomic E-state index is -0.214. The fourth-order valence-corrected chi connectivity index (χ4v) is 4.01. The highest BCUT2D eigenvalue weighted by Crippen LogP contribution is 2.11. The zero-order valence-corrected chi connectivity index (χ0v) is 20.8. The van der Waals surface area contributed by atoms with Gasteiger partial charge in [-0.05, 0) is 59.8 Å². The summed E-state index contributed by atoms with van der Waals surface area (Å²) in [6.45, 7) is 10.9. The summed E-state index contributed by atoms with van der Waals surface area (Å²) in [7, 11) is 7.94. The van der Waals surface area contributed by atoms with Gasteiger partial charge in [0.2, 0.25) is 0 Å². The topological polar surface area (TPSA) is 122 Å². The number of unbranched alkanes of at least 4 members (excludes halogenated alkanes) is 1. The lowest BCUT2D eigenvalue weighted by molar-refractivity contribution is 0.286. The third kappa shape index (κ3) is 13.7. The minimum Gasteiger partial charge on any atom is -0.363 e. The summed E-state index contributed by atoms with van der Waals surface area (Å²) in [5.74, 6) is 0. The fraction of sp³-hybridized carbons (Fsp3) is 0.950. The predicted molar refractivity (Wildman–Crippen MR) is 134 cm³/mol. The molecule has 0 bridgehead atoms. The van der Waals surface area contributed by atoms with Crippen LogP contribution in [0, 0.1) is 5.41 Å². The number of nitrogens with one attached hydrogen (secondary N) is 8. The number of rotatable bonds is 20. The van der Waals surface area contributed by atoms with Crippen molar-refractivity contribution >= 4 is 17.3 Å². The van der Waals surface area contributed by atoms with Gasteiger partial charge in [0.05, 0.1) is 5.54 Å². The van der Waals surface area contributed by atoms with Gasteiger partial charge < -0.3 is 48.3 Å². The van der Waals surface area contributed by atoms with E-state index in [1.165, 1.54) is 0 Å². The maximum atomic E-state index is 5.56. The Balaban J connectivity index is 4.49. The van der Waals surface area contributed by atoms with Crippen molar-refractivity contribution in [2.24, 2.45) is 11.1 Å². The van der Waals surface area contributed by atoms with Gasteiger partial charge in [-0.3, -0.25) is 0 Å². The van der Waals surface area contributed by atoms with E-state index in [1.54, 1.807) is 0 Å². The number of nitrogens with two attached hydrogens (primary N) is 1. The Morgan fingerprint density at radius 1 is 0.733 bits per heavy atom. The SMILES string of the molecule is CNCC(C)(CNC)CNCCNCC(CNC)(CNC)NC(=S)NCCCCN. The Bertz CT molecular complexity index is 411. The van der Waals surface area contributed by atoms with E-state index in [-0.39, 0.29) is 11.0 Å². The maximum Gasteiger partial charge on any atom is 0.166 e. The smallest absolute Gasteiger partial charge is 0.166 e. The van der Waals surface area contributed by atoms with E-state index >= 15 is 0 Å². The Morgan fingerprint density at radius 3 is 1.77 bits per heavy atom. The first-order valence-corrected chi connectivity index (χ1v) is 11.6. The highest BCUT2D eigenvalue weighted by molar-refractivity contribution is 7.80. The molecule has 0 saturated carbocycles. The molecule has 0 aromatic rings. The molecule has 0 aliphatic carbocycles. The van der Waals surface area contributed by atoms with Crippen molar-refractivity contribution in [1.82, 2.24) is 42.5 Å². The van der Waals surface area contributed by atoms with Gasteiger partial charge in [0, 0.05) is 64.3 Å². The summed E-state index contributed by atoms with van der Waals surface area (Å²) in [5, 5.41) is 27.9. The van der Waals surface area contributed by atoms with Gasteiger partial charge in [-0.15, -0.1) is 0 Å². The number of hydrogen-bond donors (Lipinski definition) is 9. The molecule has 0 spiro atoms. The van der Waals surface area contributed by atoms with Crippen LogP contribution in [0.2, 0.25) is 0 Å². The van der Waals surface area contributed by atoms with E-state index in [2.05, 4.69) is 49.5 Å². The fourth-order valence-electron chi connectivity index (χ4n) is 3.69. The van der Waals surface area contributed by atoms with Crippen molar-refractivity contribution in [3.8, 4) is 0 Å². The first-order chi connectivity index (χ1) is 14.4. The molecule has 30 heavy (non-hydrogen) atoms. The lowest BCUT2D eigenvalue weighted by Crippen LogP contribution is -2.66. The minimum absolute atomic E-state index is 0.189. The zero-order valence-electron chi connectivity index (χ0n) is 20.0.